The van der Waals surface area contributed by atoms with Crippen molar-refractivity contribution in [1.82, 2.24) is 0 Å². The maximum Gasteiger partial charge on any atom is 0.165 e. The van der Waals surface area contributed by atoms with Crippen molar-refractivity contribution in [3.05, 3.63) is 11.6 Å². The first-order valence-electron chi connectivity index (χ1n) is 6.79. The summed E-state index contributed by atoms with van der Waals surface area (Å²) in [7, 11) is 0. The maximum absolute atomic E-state index is 12.6. The molecule has 1 aliphatic carbocycles. The summed E-state index contributed by atoms with van der Waals surface area (Å²) in [5.74, 6) is 0.243. The van der Waals surface area contributed by atoms with Crippen LogP contribution < -0.4 is 5.73 Å². The lowest BCUT2D eigenvalue weighted by Gasteiger charge is -2.37. The molecule has 0 fully saturated rings. The van der Waals surface area contributed by atoms with Crippen LogP contribution in [0.3, 0.4) is 0 Å². The van der Waals surface area contributed by atoms with Gasteiger partial charge in [0.05, 0.1) is 0 Å². The Morgan fingerprint density at radius 2 is 1.71 bits per heavy atom. The molecule has 2 nitrogen and oxygen atoms in total. The van der Waals surface area contributed by atoms with Crippen molar-refractivity contribution in [3.8, 4) is 0 Å². The molecule has 0 radical (unpaired) electrons. The third-order valence-electron chi connectivity index (χ3n) is 4.26. The molecule has 0 amide bonds. The number of allylic oxidation sites excluding steroid dienone is 2. The van der Waals surface area contributed by atoms with E-state index in [0.717, 1.165) is 24.8 Å². The lowest BCUT2D eigenvalue weighted by molar-refractivity contribution is -0.126. The molecule has 0 unspecified atom stereocenters. The van der Waals surface area contributed by atoms with Crippen LogP contribution in [0.25, 0.3) is 0 Å². The Bertz CT molecular complexity index is 307. The second-order valence-electron chi connectivity index (χ2n) is 6.36. The minimum Gasteiger partial charge on any atom is -0.325 e. The van der Waals surface area contributed by atoms with Gasteiger partial charge in [0, 0.05) is 11.0 Å². The monoisotopic (exact) mass is 237 g/mol. The van der Waals surface area contributed by atoms with Crippen LogP contribution in [0.15, 0.2) is 11.6 Å². The van der Waals surface area contributed by atoms with Crippen molar-refractivity contribution >= 4 is 5.78 Å². The zero-order chi connectivity index (χ0) is 13.1. The topological polar surface area (TPSA) is 43.1 Å². The van der Waals surface area contributed by atoms with Crippen LogP contribution in [-0.4, -0.2) is 11.3 Å². The second-order valence-corrected chi connectivity index (χ2v) is 6.36. The molecule has 0 saturated carbocycles. The molecule has 0 aliphatic heterocycles. The van der Waals surface area contributed by atoms with Crippen LogP contribution in [0.5, 0.6) is 0 Å². The van der Waals surface area contributed by atoms with E-state index < -0.39 is 11.0 Å². The Labute approximate surface area is 106 Å². The predicted molar refractivity (Wildman–Crippen MR) is 72.8 cm³/mol. The van der Waals surface area contributed by atoms with Crippen molar-refractivity contribution < 1.29 is 4.79 Å². The third-order valence-corrected chi connectivity index (χ3v) is 4.26. The largest absolute Gasteiger partial charge is 0.325 e. The van der Waals surface area contributed by atoms with E-state index in [0.29, 0.717) is 0 Å². The number of nitrogens with two attached hydrogens (primary N) is 1. The van der Waals surface area contributed by atoms with E-state index in [-0.39, 0.29) is 5.78 Å². The summed E-state index contributed by atoms with van der Waals surface area (Å²) in [6, 6.07) is 0. The standard InChI is InChI=1S/C15H27NO/c1-14(2,15(3,4)16)13(17)12-10-8-6-5-7-9-11-12/h10H,5-9,11,16H2,1-4H3. The van der Waals surface area contributed by atoms with Crippen molar-refractivity contribution in [3.63, 3.8) is 0 Å². The highest BCUT2D eigenvalue weighted by atomic mass is 16.1. The fourth-order valence-corrected chi connectivity index (χ4v) is 2.09. The lowest BCUT2D eigenvalue weighted by atomic mass is 9.69. The summed E-state index contributed by atoms with van der Waals surface area (Å²) in [5, 5.41) is 0. The second kappa shape index (κ2) is 5.34. The molecule has 2 N–H and O–H groups in total. The van der Waals surface area contributed by atoms with E-state index in [1.807, 2.05) is 27.7 Å². The predicted octanol–water partition coefficient (Wildman–Crippen LogP) is 3.60. The summed E-state index contributed by atoms with van der Waals surface area (Å²) >= 11 is 0. The molecule has 0 atom stereocenters. The number of Topliss-reactive ketones (excluding diaryl/α,β-unsaturated/α-hetero) is 1. The number of ketones is 1. The minimum atomic E-state index is -0.488. The van der Waals surface area contributed by atoms with E-state index in [2.05, 4.69) is 6.08 Å². The molecule has 1 aliphatic rings. The molecule has 0 aromatic heterocycles. The highest BCUT2D eigenvalue weighted by Crippen LogP contribution is 2.34. The normalized spacial score (nSPS) is 19.2. The van der Waals surface area contributed by atoms with Crippen LogP contribution >= 0.6 is 0 Å². The number of carbonyl (C=O) groups is 1. The molecule has 2 heteroatoms. The molecule has 0 saturated heterocycles. The first-order valence-corrected chi connectivity index (χ1v) is 6.79. The number of hydrogen-bond acceptors (Lipinski definition) is 2. The van der Waals surface area contributed by atoms with Crippen LogP contribution in [0.4, 0.5) is 0 Å². The average molecular weight is 237 g/mol. The van der Waals surface area contributed by atoms with Crippen LogP contribution in [0.1, 0.15) is 66.2 Å². The van der Waals surface area contributed by atoms with Crippen molar-refractivity contribution in [2.75, 3.05) is 0 Å². The van der Waals surface area contributed by atoms with Gasteiger partial charge in [0.2, 0.25) is 0 Å². The highest BCUT2D eigenvalue weighted by molar-refractivity contribution is 6.00. The zero-order valence-electron chi connectivity index (χ0n) is 11.8. The fraction of sp³-hybridized carbons (Fsp3) is 0.800. The third kappa shape index (κ3) is 3.41. The summed E-state index contributed by atoms with van der Waals surface area (Å²) in [6.45, 7) is 7.81. The quantitative estimate of drug-likeness (QED) is 0.815. The smallest absolute Gasteiger partial charge is 0.165 e. The average Bonchev–Trinajstić information content (AvgIpc) is 2.14. The van der Waals surface area contributed by atoms with Gasteiger partial charge >= 0.3 is 0 Å². The van der Waals surface area contributed by atoms with E-state index >= 15 is 0 Å². The first kappa shape index (κ1) is 14.4. The Balaban J connectivity index is 2.87. The van der Waals surface area contributed by atoms with Gasteiger partial charge in [-0.25, -0.2) is 0 Å². The maximum atomic E-state index is 12.6. The van der Waals surface area contributed by atoms with E-state index in [9.17, 15) is 4.79 Å². The van der Waals surface area contributed by atoms with Crippen LogP contribution in [0.2, 0.25) is 0 Å². The number of rotatable bonds is 3. The molecule has 0 heterocycles. The Hall–Kier alpha value is -0.630. The summed E-state index contributed by atoms with van der Waals surface area (Å²) in [4.78, 5) is 12.6. The van der Waals surface area contributed by atoms with E-state index in [1.54, 1.807) is 0 Å². The molecule has 0 bridgehead atoms. The molecule has 17 heavy (non-hydrogen) atoms. The number of carbonyl (C=O) groups excluding carboxylic acids is 1. The molecule has 0 aromatic rings. The van der Waals surface area contributed by atoms with Crippen LogP contribution in [0, 0.1) is 5.41 Å². The highest BCUT2D eigenvalue weighted by Gasteiger charge is 2.41. The van der Waals surface area contributed by atoms with Crippen molar-refractivity contribution in [2.24, 2.45) is 11.1 Å². The van der Waals surface area contributed by atoms with Gasteiger partial charge in [-0.1, -0.05) is 32.8 Å². The first-order chi connectivity index (χ1) is 7.77. The summed E-state index contributed by atoms with van der Waals surface area (Å²) < 4.78 is 0. The summed E-state index contributed by atoms with van der Waals surface area (Å²) in [6.07, 6.45) is 9.01. The SMILES string of the molecule is CC(C)(N)C(C)(C)C(=O)C1=CCCCCCC1. The molecular weight excluding hydrogens is 210 g/mol. The Morgan fingerprint density at radius 1 is 1.12 bits per heavy atom. The number of hydrogen-bond donors (Lipinski definition) is 1. The zero-order valence-corrected chi connectivity index (χ0v) is 11.8. The molecule has 98 valence electrons. The minimum absolute atomic E-state index is 0.243. The fourth-order valence-electron chi connectivity index (χ4n) is 2.09. The van der Waals surface area contributed by atoms with Crippen molar-refractivity contribution in [2.45, 2.75) is 71.8 Å². The molecule has 0 aromatic carbocycles. The molecule has 1 rings (SSSR count). The van der Waals surface area contributed by atoms with Gasteiger partial charge < -0.3 is 5.73 Å². The van der Waals surface area contributed by atoms with E-state index in [4.69, 9.17) is 5.73 Å². The van der Waals surface area contributed by atoms with Gasteiger partial charge in [0.1, 0.15) is 0 Å². The molecule has 0 spiro atoms. The van der Waals surface area contributed by atoms with Gasteiger partial charge in [-0.15, -0.1) is 0 Å². The van der Waals surface area contributed by atoms with Gasteiger partial charge in [0.25, 0.3) is 0 Å². The van der Waals surface area contributed by atoms with Gasteiger partial charge in [-0.2, -0.15) is 0 Å². The van der Waals surface area contributed by atoms with Gasteiger partial charge in [-0.05, 0) is 45.1 Å². The van der Waals surface area contributed by atoms with Gasteiger partial charge in [-0.3, -0.25) is 4.79 Å². The molecular formula is C15H27NO. The van der Waals surface area contributed by atoms with Crippen molar-refractivity contribution in [1.29, 1.82) is 0 Å². The van der Waals surface area contributed by atoms with E-state index in [1.165, 1.54) is 19.3 Å². The van der Waals surface area contributed by atoms with Crippen LogP contribution in [-0.2, 0) is 4.79 Å². The Kier molecular flexibility index (Phi) is 4.54. The lowest BCUT2D eigenvalue weighted by Crippen LogP contribution is -2.52. The Morgan fingerprint density at radius 3 is 2.29 bits per heavy atom. The van der Waals surface area contributed by atoms with Gasteiger partial charge in [0.15, 0.2) is 5.78 Å². The summed E-state index contributed by atoms with van der Waals surface area (Å²) in [5.41, 5.74) is 6.18.